The zero-order valence-corrected chi connectivity index (χ0v) is 21.0. The van der Waals surface area contributed by atoms with Crippen LogP contribution >= 0.6 is 11.3 Å². The van der Waals surface area contributed by atoms with Crippen LogP contribution in [0, 0.1) is 6.92 Å². The number of anilines is 1. The Morgan fingerprint density at radius 3 is 2.63 bits per heavy atom. The number of thiazole rings is 1. The van der Waals surface area contributed by atoms with Crippen molar-refractivity contribution in [2.24, 2.45) is 5.73 Å². The summed E-state index contributed by atoms with van der Waals surface area (Å²) in [7, 11) is 1.66. The minimum atomic E-state index is -0.800. The van der Waals surface area contributed by atoms with Gasteiger partial charge in [-0.15, -0.1) is 0 Å². The second-order valence-electron chi connectivity index (χ2n) is 8.44. The lowest BCUT2D eigenvalue weighted by molar-refractivity contribution is 0.00458. The molecule has 4 rings (SSSR count). The van der Waals surface area contributed by atoms with Gasteiger partial charge in [0.1, 0.15) is 16.8 Å². The van der Waals surface area contributed by atoms with Gasteiger partial charge in [0.25, 0.3) is 11.8 Å². The average molecular weight is 498 g/mol. The summed E-state index contributed by atoms with van der Waals surface area (Å²) in [5.41, 5.74) is 7.04. The van der Waals surface area contributed by atoms with Crippen LogP contribution in [-0.4, -0.2) is 49.6 Å². The summed E-state index contributed by atoms with van der Waals surface area (Å²) in [6, 6.07) is 3.20. The number of aryl methyl sites for hydroxylation is 1. The Bertz CT molecular complexity index is 1310. The van der Waals surface area contributed by atoms with Gasteiger partial charge in [-0.2, -0.15) is 9.78 Å². The van der Waals surface area contributed by atoms with Gasteiger partial charge in [0.05, 0.1) is 23.5 Å². The van der Waals surface area contributed by atoms with Crippen LogP contribution in [-0.2, 0) is 10.3 Å². The molecule has 0 saturated carbocycles. The minimum Gasteiger partial charge on any atom is -0.438 e. The van der Waals surface area contributed by atoms with E-state index < -0.39 is 23.6 Å². The van der Waals surface area contributed by atoms with Gasteiger partial charge in [-0.25, -0.2) is 14.8 Å². The summed E-state index contributed by atoms with van der Waals surface area (Å²) in [6.07, 6.45) is 3.32. The van der Waals surface area contributed by atoms with Gasteiger partial charge in [0, 0.05) is 12.6 Å². The Morgan fingerprint density at radius 1 is 1.29 bits per heavy atom. The quantitative estimate of drug-likeness (QED) is 0.508. The van der Waals surface area contributed by atoms with Gasteiger partial charge in [-0.3, -0.25) is 14.9 Å². The number of primary amides is 1. The van der Waals surface area contributed by atoms with Gasteiger partial charge in [-0.05, 0) is 44.4 Å². The number of carbonyl (C=O) groups is 3. The first kappa shape index (κ1) is 24.3. The molecule has 2 aromatic heterocycles. The summed E-state index contributed by atoms with van der Waals surface area (Å²) in [6.45, 7) is 7.63. The number of benzene rings is 1. The van der Waals surface area contributed by atoms with Gasteiger partial charge >= 0.3 is 6.09 Å². The largest absolute Gasteiger partial charge is 0.438 e. The van der Waals surface area contributed by atoms with Crippen molar-refractivity contribution in [3.05, 3.63) is 52.0 Å². The highest BCUT2D eigenvalue weighted by atomic mass is 32.1. The highest BCUT2D eigenvalue weighted by molar-refractivity contribution is 7.16. The number of cyclic esters (lactones) is 1. The smallest absolute Gasteiger partial charge is 0.412 e. The van der Waals surface area contributed by atoms with E-state index in [0.717, 1.165) is 22.5 Å². The molecule has 12 heteroatoms. The lowest BCUT2D eigenvalue weighted by Gasteiger charge is -2.38. The van der Waals surface area contributed by atoms with E-state index in [1.54, 1.807) is 13.1 Å². The molecule has 184 valence electrons. The Hall–Kier alpha value is -3.80. The first-order valence-corrected chi connectivity index (χ1v) is 12.0. The van der Waals surface area contributed by atoms with Crippen molar-refractivity contribution in [2.75, 3.05) is 12.4 Å². The second kappa shape index (κ2) is 9.10. The number of carbonyl (C=O) groups excluding carboxylic acids is 3. The molecular weight excluding hydrogens is 470 g/mol. The van der Waals surface area contributed by atoms with E-state index in [-0.39, 0.29) is 5.91 Å². The molecule has 11 nitrogen and oxygen atoms in total. The number of nitrogens with zero attached hydrogens (tertiary/aromatic N) is 5. The number of nitrogens with one attached hydrogen (secondary N) is 1. The third-order valence-electron chi connectivity index (χ3n) is 6.43. The van der Waals surface area contributed by atoms with Crippen molar-refractivity contribution < 1.29 is 19.1 Å². The minimum absolute atomic E-state index is 0.290. The fourth-order valence-corrected chi connectivity index (χ4v) is 5.02. The second-order valence-corrected chi connectivity index (χ2v) is 9.45. The number of amides is 3. The number of fused-ring (bicyclic) bond motifs is 1. The summed E-state index contributed by atoms with van der Waals surface area (Å²) in [4.78, 5) is 48.0. The molecule has 0 saturated heterocycles. The molecule has 3 heterocycles. The fraction of sp³-hybridized carbons (Fsp3) is 0.391. The van der Waals surface area contributed by atoms with Crippen molar-refractivity contribution >= 4 is 34.9 Å². The molecule has 3 aromatic rings. The molecule has 0 radical (unpaired) electrons. The Labute approximate surface area is 206 Å². The molecule has 1 unspecified atom stereocenters. The van der Waals surface area contributed by atoms with Crippen molar-refractivity contribution in [1.29, 1.82) is 0 Å². The SMILES string of the molecule is CCC1(CC)OC(=O)Nc2c(C(=O)N(C)C(C)c3ncnn3-c3ncc(C(N)=O)s3)cc(C)cc21. The molecule has 0 fully saturated rings. The van der Waals surface area contributed by atoms with Crippen LogP contribution in [0.1, 0.15) is 76.6 Å². The number of rotatable bonds is 7. The molecule has 0 bridgehead atoms. The van der Waals surface area contributed by atoms with Crippen LogP contribution in [0.3, 0.4) is 0 Å². The van der Waals surface area contributed by atoms with Crippen LogP contribution in [0.25, 0.3) is 5.13 Å². The Balaban J connectivity index is 1.71. The third kappa shape index (κ3) is 4.14. The number of hydrogen-bond donors (Lipinski definition) is 2. The first-order chi connectivity index (χ1) is 16.6. The maximum atomic E-state index is 13.7. The van der Waals surface area contributed by atoms with Gasteiger partial charge in [-0.1, -0.05) is 25.2 Å². The molecule has 1 aromatic carbocycles. The fourth-order valence-electron chi connectivity index (χ4n) is 4.28. The summed E-state index contributed by atoms with van der Waals surface area (Å²) in [5.74, 6) is -0.426. The summed E-state index contributed by atoms with van der Waals surface area (Å²) >= 11 is 1.08. The number of ether oxygens (including phenoxy) is 1. The lowest BCUT2D eigenvalue weighted by atomic mass is 9.83. The molecule has 1 aliphatic heterocycles. The monoisotopic (exact) mass is 497 g/mol. The van der Waals surface area contributed by atoms with Crippen molar-refractivity contribution in [2.45, 2.75) is 52.2 Å². The van der Waals surface area contributed by atoms with Crippen LogP contribution in [0.5, 0.6) is 0 Å². The van der Waals surface area contributed by atoms with Gasteiger partial charge in [0.2, 0.25) is 5.13 Å². The highest BCUT2D eigenvalue weighted by Gasteiger charge is 2.41. The topological polar surface area (TPSA) is 145 Å². The van der Waals surface area contributed by atoms with Gasteiger partial charge < -0.3 is 15.4 Å². The molecule has 35 heavy (non-hydrogen) atoms. The van der Waals surface area contributed by atoms with E-state index in [1.165, 1.54) is 22.1 Å². The third-order valence-corrected chi connectivity index (χ3v) is 7.42. The highest BCUT2D eigenvalue weighted by Crippen LogP contribution is 2.43. The standard InChI is InChI=1S/C23H27N7O4S/c1-6-23(7-2)15-9-12(3)8-14(17(15)28-22(33)34-23)20(32)29(5)13(4)19-26-11-27-30(19)21-25-10-16(35-21)18(24)31/h8-11,13H,6-7H2,1-5H3,(H2,24,31)(H,28,33). The molecule has 3 amide bonds. The Kier molecular flexibility index (Phi) is 6.32. The van der Waals surface area contributed by atoms with Crippen LogP contribution in [0.15, 0.2) is 24.7 Å². The van der Waals surface area contributed by atoms with E-state index >= 15 is 0 Å². The maximum absolute atomic E-state index is 13.7. The van der Waals surface area contributed by atoms with Crippen molar-refractivity contribution in [3.63, 3.8) is 0 Å². The zero-order valence-electron chi connectivity index (χ0n) is 20.2. The van der Waals surface area contributed by atoms with E-state index in [2.05, 4.69) is 20.4 Å². The molecule has 1 aliphatic rings. The lowest BCUT2D eigenvalue weighted by Crippen LogP contribution is -2.40. The number of hydrogen-bond acceptors (Lipinski definition) is 8. The van der Waals surface area contributed by atoms with Crippen molar-refractivity contribution in [1.82, 2.24) is 24.6 Å². The van der Waals surface area contributed by atoms with Gasteiger partial charge in [0.15, 0.2) is 5.82 Å². The van der Waals surface area contributed by atoms with E-state index in [1.807, 2.05) is 33.8 Å². The maximum Gasteiger partial charge on any atom is 0.412 e. The van der Waals surface area contributed by atoms with E-state index in [0.29, 0.717) is 39.9 Å². The predicted molar refractivity (Wildman–Crippen MR) is 130 cm³/mol. The Morgan fingerprint density at radius 2 is 2.00 bits per heavy atom. The van der Waals surface area contributed by atoms with E-state index in [4.69, 9.17) is 10.5 Å². The summed E-state index contributed by atoms with van der Waals surface area (Å²) in [5, 5.41) is 7.37. The van der Waals surface area contributed by atoms with Crippen LogP contribution in [0.2, 0.25) is 0 Å². The predicted octanol–water partition coefficient (Wildman–Crippen LogP) is 3.54. The number of aromatic nitrogens is 4. The van der Waals surface area contributed by atoms with Crippen LogP contribution in [0.4, 0.5) is 10.5 Å². The van der Waals surface area contributed by atoms with E-state index in [9.17, 15) is 14.4 Å². The summed E-state index contributed by atoms with van der Waals surface area (Å²) < 4.78 is 7.18. The van der Waals surface area contributed by atoms with Crippen LogP contribution < -0.4 is 11.1 Å². The molecule has 0 aliphatic carbocycles. The first-order valence-electron chi connectivity index (χ1n) is 11.2. The normalized spacial score (nSPS) is 15.1. The molecule has 1 atom stereocenters. The molecular formula is C23H27N7O4S. The number of nitrogens with two attached hydrogens (primary N) is 1. The van der Waals surface area contributed by atoms with Crippen molar-refractivity contribution in [3.8, 4) is 5.13 Å². The average Bonchev–Trinajstić information content (AvgIpc) is 3.52. The molecule has 3 N–H and O–H groups in total. The zero-order chi connectivity index (χ0) is 25.5. The molecule has 0 spiro atoms.